The van der Waals surface area contributed by atoms with Crippen molar-refractivity contribution in [3.63, 3.8) is 0 Å². The molecule has 0 saturated carbocycles. The molecule has 1 unspecified atom stereocenters. The van der Waals surface area contributed by atoms with E-state index >= 15 is 0 Å². The average molecular weight is 693 g/mol. The summed E-state index contributed by atoms with van der Waals surface area (Å²) in [5, 5.41) is 0.653. The van der Waals surface area contributed by atoms with Crippen LogP contribution in [0, 0.1) is 0 Å². The molecule has 0 N–H and O–H groups in total. The van der Waals surface area contributed by atoms with Gasteiger partial charge in [0, 0.05) is 17.7 Å². The Hall–Kier alpha value is -4.01. The van der Waals surface area contributed by atoms with Gasteiger partial charge in [0.15, 0.2) is 0 Å². The van der Waals surface area contributed by atoms with Crippen LogP contribution in [0.1, 0.15) is 47.2 Å². The third-order valence-corrected chi connectivity index (χ3v) is 9.41. The molecule has 6 rings (SSSR count). The number of methoxy groups -OCH3 is 1. The minimum atomic E-state index is -1.35. The Morgan fingerprint density at radius 2 is 1.18 bits per heavy atom. The fraction of sp³-hybridized carbons (Fsp3) is 0.302. The second-order valence-corrected chi connectivity index (χ2v) is 12.9. The maximum atomic E-state index is 6.97. The molecule has 1 aliphatic rings. The smallest absolute Gasteiger partial charge is 0.224 e. The first-order chi connectivity index (χ1) is 24.5. The van der Waals surface area contributed by atoms with Crippen LogP contribution in [0.2, 0.25) is 5.02 Å². The van der Waals surface area contributed by atoms with Crippen LogP contribution in [0.4, 0.5) is 0 Å². The van der Waals surface area contributed by atoms with Gasteiger partial charge in [-0.15, -0.1) is 0 Å². The molecule has 0 amide bonds. The van der Waals surface area contributed by atoms with Gasteiger partial charge in [-0.05, 0) is 72.4 Å². The Morgan fingerprint density at radius 3 is 1.72 bits per heavy atom. The molecule has 1 fully saturated rings. The van der Waals surface area contributed by atoms with Crippen molar-refractivity contribution in [2.75, 3.05) is 13.7 Å². The first-order valence-electron chi connectivity index (χ1n) is 17.2. The van der Waals surface area contributed by atoms with Crippen LogP contribution in [-0.2, 0) is 55.7 Å². The second-order valence-electron chi connectivity index (χ2n) is 12.5. The van der Waals surface area contributed by atoms with E-state index < -0.39 is 30.2 Å². The highest BCUT2D eigenvalue weighted by Gasteiger charge is 2.57. The van der Waals surface area contributed by atoms with Gasteiger partial charge >= 0.3 is 0 Å². The Labute approximate surface area is 300 Å². The Kier molecular flexibility index (Phi) is 12.4. The maximum Gasteiger partial charge on any atom is 0.224 e. The summed E-state index contributed by atoms with van der Waals surface area (Å²) in [5.41, 5.74) is 5.95. The summed E-state index contributed by atoms with van der Waals surface area (Å²) in [6.45, 7) is 5.67. The van der Waals surface area contributed by atoms with E-state index in [0.29, 0.717) is 37.9 Å². The molecule has 5 aromatic carbocycles. The lowest BCUT2D eigenvalue weighted by Gasteiger charge is -2.51. The number of ether oxygens (including phenoxy) is 6. The minimum absolute atomic E-state index is 0.317. The number of benzene rings is 5. The van der Waals surface area contributed by atoms with Crippen LogP contribution < -0.4 is 4.74 Å². The van der Waals surface area contributed by atoms with Crippen LogP contribution >= 0.6 is 11.6 Å². The van der Waals surface area contributed by atoms with Crippen molar-refractivity contribution in [1.29, 1.82) is 0 Å². The van der Waals surface area contributed by atoms with Crippen molar-refractivity contribution in [2.45, 2.75) is 70.3 Å². The molecule has 0 spiro atoms. The van der Waals surface area contributed by atoms with E-state index in [2.05, 4.69) is 42.5 Å². The monoisotopic (exact) mass is 692 g/mol. The summed E-state index contributed by atoms with van der Waals surface area (Å²) < 4.78 is 39.5. The van der Waals surface area contributed by atoms with Gasteiger partial charge in [0.1, 0.15) is 24.1 Å². The van der Waals surface area contributed by atoms with Gasteiger partial charge in [-0.3, -0.25) is 0 Å². The highest BCUT2D eigenvalue weighted by Crippen LogP contribution is 2.44. The van der Waals surface area contributed by atoms with Crippen LogP contribution in [0.3, 0.4) is 0 Å². The van der Waals surface area contributed by atoms with Crippen molar-refractivity contribution in [3.05, 3.63) is 172 Å². The summed E-state index contributed by atoms with van der Waals surface area (Å²) in [5.74, 6) is -0.511. The number of halogens is 1. The fourth-order valence-corrected chi connectivity index (χ4v) is 6.69. The molecule has 1 aliphatic heterocycles. The van der Waals surface area contributed by atoms with Crippen molar-refractivity contribution >= 4 is 11.6 Å². The number of rotatable bonds is 15. The lowest BCUT2D eigenvalue weighted by atomic mass is 9.86. The first-order valence-corrected chi connectivity index (χ1v) is 17.6. The zero-order valence-electron chi connectivity index (χ0n) is 28.9. The lowest BCUT2D eigenvalue weighted by Crippen LogP contribution is -2.64. The molecule has 0 aromatic heterocycles. The van der Waals surface area contributed by atoms with E-state index in [-0.39, 0.29) is 0 Å². The third-order valence-electron chi connectivity index (χ3n) is 9.04. The zero-order valence-corrected chi connectivity index (χ0v) is 29.6. The zero-order chi connectivity index (χ0) is 34.8. The molecule has 0 aliphatic carbocycles. The lowest BCUT2D eigenvalue weighted by molar-refractivity contribution is -0.379. The summed E-state index contributed by atoms with van der Waals surface area (Å²) in [6.07, 6.45) is -1.59. The van der Waals surface area contributed by atoms with Gasteiger partial charge < -0.3 is 28.4 Å². The summed E-state index contributed by atoms with van der Waals surface area (Å²) >= 11 is 6.85. The molecule has 260 valence electrons. The highest BCUT2D eigenvalue weighted by molar-refractivity contribution is 6.31. The molecular weight excluding hydrogens is 648 g/mol. The Morgan fingerprint density at radius 1 is 0.640 bits per heavy atom. The standard InChI is InChI=1S/C43H45ClO6/c1-4-46-38-23-20-32(21-24-38)26-36-27-37(22-25-39(36)44)43(45-3)42(49-30-35-18-12-7-13-19-35)41(48-29-34-16-10-6-11-17-34)40(31(2)50-43)47-28-33-14-8-5-9-15-33/h5-25,27,31,40-42H,4,26,28-30H2,1-3H3/t31-,40-,41+,42-,43?/m1/s1. The molecule has 1 saturated heterocycles. The number of hydrogen-bond acceptors (Lipinski definition) is 6. The largest absolute Gasteiger partial charge is 0.494 e. The molecule has 0 bridgehead atoms. The molecule has 5 aromatic rings. The molecule has 7 heteroatoms. The molecular formula is C43H45ClO6. The van der Waals surface area contributed by atoms with Crippen molar-refractivity contribution in [3.8, 4) is 5.75 Å². The van der Waals surface area contributed by atoms with Crippen LogP contribution in [0.5, 0.6) is 5.75 Å². The molecule has 1 heterocycles. The second kappa shape index (κ2) is 17.3. The van der Waals surface area contributed by atoms with Crippen LogP contribution in [-0.4, -0.2) is 38.1 Å². The van der Waals surface area contributed by atoms with Crippen molar-refractivity contribution in [1.82, 2.24) is 0 Å². The predicted octanol–water partition coefficient (Wildman–Crippen LogP) is 9.30. The Bertz CT molecular complexity index is 1750. The summed E-state index contributed by atoms with van der Waals surface area (Å²) in [4.78, 5) is 0. The van der Waals surface area contributed by atoms with Gasteiger partial charge in [-0.1, -0.05) is 121 Å². The summed E-state index contributed by atoms with van der Waals surface area (Å²) in [6, 6.07) is 44.4. The van der Waals surface area contributed by atoms with Gasteiger partial charge in [-0.25, -0.2) is 0 Å². The Balaban J connectivity index is 1.38. The minimum Gasteiger partial charge on any atom is -0.494 e. The topological polar surface area (TPSA) is 55.4 Å². The first kappa shape index (κ1) is 35.8. The van der Waals surface area contributed by atoms with Gasteiger partial charge in [0.2, 0.25) is 5.79 Å². The van der Waals surface area contributed by atoms with Crippen LogP contribution in [0.15, 0.2) is 133 Å². The van der Waals surface area contributed by atoms with E-state index in [9.17, 15) is 0 Å². The molecule has 50 heavy (non-hydrogen) atoms. The van der Waals surface area contributed by atoms with Crippen molar-refractivity contribution in [2.24, 2.45) is 0 Å². The fourth-order valence-electron chi connectivity index (χ4n) is 6.51. The average Bonchev–Trinajstić information content (AvgIpc) is 3.16. The van der Waals surface area contributed by atoms with E-state index in [0.717, 1.165) is 39.1 Å². The van der Waals surface area contributed by atoms with E-state index in [4.69, 9.17) is 40.0 Å². The predicted molar refractivity (Wildman–Crippen MR) is 196 cm³/mol. The van der Waals surface area contributed by atoms with Crippen LogP contribution in [0.25, 0.3) is 0 Å². The van der Waals surface area contributed by atoms with Gasteiger partial charge in [-0.2, -0.15) is 0 Å². The van der Waals surface area contributed by atoms with Gasteiger partial charge in [0.25, 0.3) is 0 Å². The van der Waals surface area contributed by atoms with E-state index in [1.165, 1.54) is 0 Å². The maximum absolute atomic E-state index is 6.97. The van der Waals surface area contributed by atoms with E-state index in [1.807, 2.05) is 105 Å². The normalized spacial score (nSPS) is 21.9. The highest BCUT2D eigenvalue weighted by atomic mass is 35.5. The van der Waals surface area contributed by atoms with Crippen molar-refractivity contribution < 1.29 is 28.4 Å². The van der Waals surface area contributed by atoms with Gasteiger partial charge in [0.05, 0.1) is 32.5 Å². The molecule has 0 radical (unpaired) electrons. The SMILES string of the molecule is CCOc1ccc(Cc2cc(C3(OC)O[C@H](C)[C@@H](OCc4ccccc4)[C@H](OCc4ccccc4)[C@H]3OCc3ccccc3)ccc2Cl)cc1. The third kappa shape index (κ3) is 8.64. The molecule has 6 nitrogen and oxygen atoms in total. The number of hydrogen-bond donors (Lipinski definition) is 0. The molecule has 5 atom stereocenters. The van der Waals surface area contributed by atoms with E-state index in [1.54, 1.807) is 7.11 Å². The quantitative estimate of drug-likeness (QED) is 0.109. The summed E-state index contributed by atoms with van der Waals surface area (Å²) in [7, 11) is 1.66.